The summed E-state index contributed by atoms with van der Waals surface area (Å²) in [4.78, 5) is 11.6. The van der Waals surface area contributed by atoms with Gasteiger partial charge in [0.1, 0.15) is 5.75 Å². The summed E-state index contributed by atoms with van der Waals surface area (Å²) in [6, 6.07) is 7.41. The number of allylic oxidation sites excluding steroid dienone is 1. The standard InChI is InChI=1S/C13H10O3S3/c1-16-9-4-2-8(3-5-9)10(17)6-12-18-7-11(19-12)13(14)15/h2-7H,1H3,(H,14,15)/p-1/b12-6-. The summed E-state index contributed by atoms with van der Waals surface area (Å²) in [5.74, 6) is -0.388. The molecule has 1 aliphatic heterocycles. The molecular weight excluding hydrogens is 300 g/mol. The maximum Gasteiger partial charge on any atom is 0.118 e. The van der Waals surface area contributed by atoms with Crippen molar-refractivity contribution in [2.45, 2.75) is 0 Å². The minimum atomic E-state index is -1.16. The van der Waals surface area contributed by atoms with Gasteiger partial charge in [-0.15, -0.1) is 0 Å². The van der Waals surface area contributed by atoms with Crippen molar-refractivity contribution in [3.05, 3.63) is 50.5 Å². The van der Waals surface area contributed by atoms with Gasteiger partial charge in [0.05, 0.1) is 17.3 Å². The number of methoxy groups -OCH3 is 1. The zero-order chi connectivity index (χ0) is 13.8. The first-order valence-corrected chi connectivity index (χ1v) is 7.36. The average Bonchev–Trinajstić information content (AvgIpc) is 2.87. The lowest BCUT2D eigenvalue weighted by Crippen LogP contribution is -2.22. The van der Waals surface area contributed by atoms with Crippen molar-refractivity contribution >= 4 is 46.6 Å². The fourth-order valence-electron chi connectivity index (χ4n) is 1.37. The van der Waals surface area contributed by atoms with Crippen LogP contribution in [0.3, 0.4) is 0 Å². The van der Waals surface area contributed by atoms with Gasteiger partial charge in [-0.25, -0.2) is 0 Å². The molecule has 0 N–H and O–H groups in total. The number of carboxylic acids is 1. The van der Waals surface area contributed by atoms with Crippen LogP contribution in [0.2, 0.25) is 0 Å². The first kappa shape index (κ1) is 14.2. The van der Waals surface area contributed by atoms with E-state index in [9.17, 15) is 9.90 Å². The van der Waals surface area contributed by atoms with Crippen LogP contribution in [-0.4, -0.2) is 17.9 Å². The quantitative estimate of drug-likeness (QED) is 0.483. The summed E-state index contributed by atoms with van der Waals surface area (Å²) in [6.45, 7) is 0. The molecule has 0 unspecified atom stereocenters. The fourth-order valence-corrected chi connectivity index (χ4v) is 3.70. The van der Waals surface area contributed by atoms with Crippen LogP contribution in [0.4, 0.5) is 0 Å². The van der Waals surface area contributed by atoms with Crippen molar-refractivity contribution in [1.29, 1.82) is 0 Å². The molecule has 1 heterocycles. The molecule has 0 saturated heterocycles. The number of carboxylic acid groups (broad SMARTS) is 1. The Bertz CT molecular complexity index is 573. The van der Waals surface area contributed by atoms with Crippen LogP contribution < -0.4 is 9.84 Å². The van der Waals surface area contributed by atoms with Crippen LogP contribution in [-0.2, 0) is 4.79 Å². The molecule has 0 fully saturated rings. The van der Waals surface area contributed by atoms with Crippen LogP contribution in [0.5, 0.6) is 5.75 Å². The fraction of sp³-hybridized carbons (Fsp3) is 0.0769. The number of aliphatic carboxylic acids is 1. The highest BCUT2D eigenvalue weighted by molar-refractivity contribution is 8.28. The molecule has 0 spiro atoms. The summed E-state index contributed by atoms with van der Waals surface area (Å²) >= 11 is 7.81. The van der Waals surface area contributed by atoms with E-state index in [-0.39, 0.29) is 4.91 Å². The molecule has 1 aromatic carbocycles. The second-order valence-corrected chi connectivity index (χ2v) is 6.24. The van der Waals surface area contributed by atoms with E-state index in [0.29, 0.717) is 4.86 Å². The molecule has 0 aliphatic carbocycles. The van der Waals surface area contributed by atoms with E-state index in [4.69, 9.17) is 17.0 Å². The van der Waals surface area contributed by atoms with E-state index in [2.05, 4.69) is 0 Å². The molecule has 0 radical (unpaired) electrons. The van der Waals surface area contributed by atoms with Gasteiger partial charge in [-0.1, -0.05) is 35.7 Å². The molecular formula is C13H9O3S3-. The predicted molar refractivity (Wildman–Crippen MR) is 81.0 cm³/mol. The highest BCUT2D eigenvalue weighted by Gasteiger charge is 2.13. The topological polar surface area (TPSA) is 49.4 Å². The number of hydrogen-bond donors (Lipinski definition) is 0. The van der Waals surface area contributed by atoms with Gasteiger partial charge in [0.25, 0.3) is 0 Å². The smallest absolute Gasteiger partial charge is 0.118 e. The molecule has 19 heavy (non-hydrogen) atoms. The van der Waals surface area contributed by atoms with Gasteiger partial charge >= 0.3 is 0 Å². The number of carbonyl (C=O) groups is 1. The maximum atomic E-state index is 10.7. The first-order valence-electron chi connectivity index (χ1n) is 5.26. The number of thiocarbonyl (C=S) groups is 1. The third kappa shape index (κ3) is 3.62. The van der Waals surface area contributed by atoms with E-state index in [1.54, 1.807) is 18.6 Å². The van der Waals surface area contributed by atoms with Crippen molar-refractivity contribution in [3.63, 3.8) is 0 Å². The SMILES string of the molecule is COc1ccc(C(=S)/C=C2/SC=C(C(=O)[O-])S2)cc1. The van der Waals surface area contributed by atoms with Gasteiger partial charge in [-0.05, 0) is 41.3 Å². The predicted octanol–water partition coefficient (Wildman–Crippen LogP) is 2.33. The van der Waals surface area contributed by atoms with Crippen LogP contribution in [0.25, 0.3) is 0 Å². The van der Waals surface area contributed by atoms with Crippen molar-refractivity contribution in [2.75, 3.05) is 7.11 Å². The van der Waals surface area contributed by atoms with Crippen molar-refractivity contribution < 1.29 is 14.6 Å². The molecule has 6 heteroatoms. The lowest BCUT2D eigenvalue weighted by molar-refractivity contribution is -0.298. The molecule has 98 valence electrons. The summed E-state index contributed by atoms with van der Waals surface area (Å²) in [6.07, 6.45) is 1.79. The third-order valence-electron chi connectivity index (χ3n) is 2.32. The number of thioether (sulfide) groups is 2. The van der Waals surface area contributed by atoms with Gasteiger partial charge in [0.2, 0.25) is 0 Å². The average molecular weight is 309 g/mol. The normalized spacial score (nSPS) is 16.3. The van der Waals surface area contributed by atoms with Crippen molar-refractivity contribution in [1.82, 2.24) is 0 Å². The number of benzene rings is 1. The van der Waals surface area contributed by atoms with Crippen LogP contribution in [0.15, 0.2) is 44.9 Å². The highest BCUT2D eigenvalue weighted by Crippen LogP contribution is 2.43. The van der Waals surface area contributed by atoms with Crippen LogP contribution >= 0.6 is 35.7 Å². The van der Waals surface area contributed by atoms with Gasteiger partial charge in [-0.3, -0.25) is 0 Å². The summed E-state index contributed by atoms with van der Waals surface area (Å²) in [7, 11) is 1.61. The second-order valence-electron chi connectivity index (χ2n) is 3.55. The molecule has 3 nitrogen and oxygen atoms in total. The molecule has 2 rings (SSSR count). The molecule has 1 aliphatic rings. The Labute approximate surface area is 124 Å². The van der Waals surface area contributed by atoms with Gasteiger partial charge in [0.15, 0.2) is 0 Å². The number of rotatable bonds is 4. The zero-order valence-corrected chi connectivity index (χ0v) is 12.4. The Morgan fingerprint density at radius 1 is 1.37 bits per heavy atom. The minimum absolute atomic E-state index is 0.216. The zero-order valence-electron chi connectivity index (χ0n) is 9.91. The van der Waals surface area contributed by atoms with Crippen molar-refractivity contribution in [2.24, 2.45) is 0 Å². The van der Waals surface area contributed by atoms with Gasteiger partial charge < -0.3 is 14.6 Å². The number of ether oxygens (including phenoxy) is 1. The van der Waals surface area contributed by atoms with Gasteiger partial charge in [-0.2, -0.15) is 0 Å². The highest BCUT2D eigenvalue weighted by atomic mass is 32.2. The molecule has 0 aromatic heterocycles. The van der Waals surface area contributed by atoms with E-state index in [0.717, 1.165) is 27.3 Å². The largest absolute Gasteiger partial charge is 0.544 e. The first-order chi connectivity index (χ1) is 9.10. The lowest BCUT2D eigenvalue weighted by Gasteiger charge is -2.03. The summed E-state index contributed by atoms with van der Waals surface area (Å²) in [5, 5.41) is 12.2. The maximum absolute atomic E-state index is 10.7. The van der Waals surface area contributed by atoms with Crippen LogP contribution in [0, 0.1) is 0 Å². The molecule has 0 bridgehead atoms. The number of hydrogen-bond acceptors (Lipinski definition) is 6. The number of carbonyl (C=O) groups excluding carboxylic acids is 1. The molecule has 0 atom stereocenters. The minimum Gasteiger partial charge on any atom is -0.544 e. The van der Waals surface area contributed by atoms with Crippen molar-refractivity contribution in [3.8, 4) is 5.75 Å². The molecule has 0 saturated carbocycles. The van der Waals surface area contributed by atoms with E-state index < -0.39 is 5.97 Å². The van der Waals surface area contributed by atoms with E-state index >= 15 is 0 Å². The Kier molecular flexibility index (Phi) is 4.68. The second kappa shape index (κ2) is 6.27. The summed E-state index contributed by atoms with van der Waals surface area (Å²) in [5.41, 5.74) is 0.895. The monoisotopic (exact) mass is 309 g/mol. The van der Waals surface area contributed by atoms with E-state index in [1.807, 2.05) is 24.3 Å². The molecule has 0 amide bonds. The molecule has 1 aromatic rings. The Morgan fingerprint density at radius 2 is 2.05 bits per heavy atom. The Balaban J connectivity index is 2.07. The Hall–Kier alpha value is -1.24. The van der Waals surface area contributed by atoms with Gasteiger partial charge in [0, 0.05) is 9.77 Å². The third-order valence-corrected chi connectivity index (χ3v) is 4.89. The van der Waals surface area contributed by atoms with Crippen LogP contribution in [0.1, 0.15) is 5.56 Å². The summed E-state index contributed by atoms with van der Waals surface area (Å²) < 4.78 is 5.91. The van der Waals surface area contributed by atoms with E-state index in [1.165, 1.54) is 11.8 Å². The Morgan fingerprint density at radius 3 is 2.58 bits per heavy atom. The lowest BCUT2D eigenvalue weighted by atomic mass is 10.1.